The van der Waals surface area contributed by atoms with Gasteiger partial charge in [-0.05, 0) is 31.4 Å². The van der Waals surface area contributed by atoms with E-state index in [4.69, 9.17) is 16.3 Å². The van der Waals surface area contributed by atoms with Crippen molar-refractivity contribution in [1.82, 2.24) is 0 Å². The second-order valence-electron chi connectivity index (χ2n) is 4.45. The van der Waals surface area contributed by atoms with Crippen LogP contribution in [0.25, 0.3) is 0 Å². The van der Waals surface area contributed by atoms with Crippen molar-refractivity contribution in [2.45, 2.75) is 31.4 Å². The van der Waals surface area contributed by atoms with E-state index in [1.165, 1.54) is 19.2 Å². The minimum atomic E-state index is -0.779. The maximum absolute atomic E-state index is 14.4. The summed E-state index contributed by atoms with van der Waals surface area (Å²) in [5, 5.41) is 0.422. The number of halogens is 2. The number of hydrogen-bond donors (Lipinski definition) is 0. The molecule has 0 saturated heterocycles. The van der Waals surface area contributed by atoms with Crippen molar-refractivity contribution in [1.29, 1.82) is 0 Å². The number of isocyanates is 1. The summed E-state index contributed by atoms with van der Waals surface area (Å²) in [6, 6.07) is 3.07. The number of rotatable bonds is 4. The van der Waals surface area contributed by atoms with E-state index in [0.717, 1.165) is 6.42 Å². The molecule has 96 valence electrons. The van der Waals surface area contributed by atoms with E-state index in [-0.39, 0.29) is 12.4 Å². The van der Waals surface area contributed by atoms with Gasteiger partial charge in [-0.1, -0.05) is 11.6 Å². The highest BCUT2D eigenvalue weighted by atomic mass is 35.5. The van der Waals surface area contributed by atoms with Crippen LogP contribution in [0, 0.1) is 5.82 Å². The molecule has 0 aliphatic heterocycles. The van der Waals surface area contributed by atoms with E-state index in [2.05, 4.69) is 4.99 Å². The maximum Gasteiger partial charge on any atom is 0.235 e. The summed E-state index contributed by atoms with van der Waals surface area (Å²) in [4.78, 5) is 14.3. The fourth-order valence-corrected chi connectivity index (χ4v) is 2.53. The Bertz CT molecular complexity index is 508. The van der Waals surface area contributed by atoms with E-state index in [1.807, 2.05) is 0 Å². The van der Waals surface area contributed by atoms with E-state index in [0.29, 0.717) is 29.0 Å². The average Bonchev–Trinajstić information content (AvgIpc) is 2.29. The Balaban J connectivity index is 2.52. The third kappa shape index (κ3) is 2.19. The molecule has 0 N–H and O–H groups in total. The molecule has 3 nitrogen and oxygen atoms in total. The standard InChI is InChI=1S/C13H13ClFNO2/c1-18-7-9-5-10(14)6-11(12(9)15)13(16-8-17)3-2-4-13/h5-6H,2-4,7H2,1H3. The lowest BCUT2D eigenvalue weighted by Crippen LogP contribution is -2.33. The maximum atomic E-state index is 14.4. The van der Waals surface area contributed by atoms with E-state index < -0.39 is 5.54 Å². The van der Waals surface area contributed by atoms with Crippen LogP contribution in [0.3, 0.4) is 0 Å². The average molecular weight is 270 g/mol. The fraction of sp³-hybridized carbons (Fsp3) is 0.462. The first-order valence-electron chi connectivity index (χ1n) is 5.69. The van der Waals surface area contributed by atoms with Crippen molar-refractivity contribution < 1.29 is 13.9 Å². The summed E-state index contributed by atoms with van der Waals surface area (Å²) < 4.78 is 19.3. The van der Waals surface area contributed by atoms with Gasteiger partial charge in [0.25, 0.3) is 0 Å². The van der Waals surface area contributed by atoms with Gasteiger partial charge in [-0.3, -0.25) is 0 Å². The molecule has 1 aromatic rings. The SMILES string of the molecule is COCc1cc(Cl)cc(C2(N=C=O)CCC2)c1F. The number of methoxy groups -OCH3 is 1. The Labute approximate surface area is 110 Å². The Morgan fingerprint density at radius 2 is 2.28 bits per heavy atom. The fourth-order valence-electron chi connectivity index (χ4n) is 2.29. The highest BCUT2D eigenvalue weighted by Gasteiger charge is 2.41. The number of ether oxygens (including phenoxy) is 1. The molecule has 0 heterocycles. The van der Waals surface area contributed by atoms with Crippen LogP contribution >= 0.6 is 11.6 Å². The summed E-state index contributed by atoms with van der Waals surface area (Å²) in [7, 11) is 1.49. The van der Waals surface area contributed by atoms with Crippen molar-refractivity contribution in [3.05, 3.63) is 34.1 Å². The van der Waals surface area contributed by atoms with Crippen molar-refractivity contribution in [2.24, 2.45) is 4.99 Å². The highest BCUT2D eigenvalue weighted by Crippen LogP contribution is 2.46. The van der Waals surface area contributed by atoms with Crippen molar-refractivity contribution in [3.8, 4) is 0 Å². The Hall–Kier alpha value is -1.22. The van der Waals surface area contributed by atoms with Gasteiger partial charge in [0.15, 0.2) is 0 Å². The van der Waals surface area contributed by atoms with Gasteiger partial charge in [0.05, 0.1) is 6.61 Å². The van der Waals surface area contributed by atoms with Crippen molar-refractivity contribution in [2.75, 3.05) is 7.11 Å². The van der Waals surface area contributed by atoms with Crippen LogP contribution in [0.2, 0.25) is 5.02 Å². The Morgan fingerprint density at radius 1 is 1.56 bits per heavy atom. The number of hydrogen-bond acceptors (Lipinski definition) is 3. The summed E-state index contributed by atoms with van der Waals surface area (Å²) in [5.41, 5.74) is -0.0248. The first-order valence-corrected chi connectivity index (χ1v) is 6.07. The summed E-state index contributed by atoms with van der Waals surface area (Å²) in [6.45, 7) is 0.139. The van der Waals surface area contributed by atoms with Crippen LogP contribution in [0.4, 0.5) is 4.39 Å². The van der Waals surface area contributed by atoms with Crippen LogP contribution < -0.4 is 0 Å². The summed E-state index contributed by atoms with van der Waals surface area (Å²) >= 11 is 5.98. The molecule has 0 bridgehead atoms. The molecule has 1 fully saturated rings. The second kappa shape index (κ2) is 5.19. The number of nitrogens with zero attached hydrogens (tertiary/aromatic N) is 1. The molecule has 5 heteroatoms. The van der Waals surface area contributed by atoms with Gasteiger partial charge in [0, 0.05) is 23.3 Å². The van der Waals surface area contributed by atoms with Gasteiger partial charge in [-0.25, -0.2) is 9.18 Å². The molecule has 1 aliphatic rings. The van der Waals surface area contributed by atoms with Gasteiger partial charge in [-0.2, -0.15) is 4.99 Å². The molecule has 1 aromatic carbocycles. The smallest absolute Gasteiger partial charge is 0.235 e. The predicted octanol–water partition coefficient (Wildman–Crippen LogP) is 3.34. The van der Waals surface area contributed by atoms with Crippen LogP contribution in [-0.4, -0.2) is 13.2 Å². The largest absolute Gasteiger partial charge is 0.380 e. The molecule has 0 aromatic heterocycles. The second-order valence-corrected chi connectivity index (χ2v) is 4.88. The Morgan fingerprint density at radius 3 is 2.78 bits per heavy atom. The van der Waals surface area contributed by atoms with Crippen molar-refractivity contribution in [3.63, 3.8) is 0 Å². The first-order chi connectivity index (χ1) is 8.63. The third-order valence-electron chi connectivity index (χ3n) is 3.35. The lowest BCUT2D eigenvalue weighted by molar-refractivity contribution is 0.179. The minimum absolute atomic E-state index is 0.139. The van der Waals surface area contributed by atoms with E-state index in [9.17, 15) is 9.18 Å². The lowest BCUT2D eigenvalue weighted by Gasteiger charge is -2.37. The molecule has 0 amide bonds. The van der Waals surface area contributed by atoms with E-state index in [1.54, 1.807) is 6.08 Å². The third-order valence-corrected chi connectivity index (χ3v) is 3.57. The summed E-state index contributed by atoms with van der Waals surface area (Å²) in [5.74, 6) is -0.389. The molecule has 2 rings (SSSR count). The van der Waals surface area contributed by atoms with Crippen LogP contribution in [0.5, 0.6) is 0 Å². The zero-order chi connectivity index (χ0) is 13.2. The van der Waals surface area contributed by atoms with E-state index >= 15 is 0 Å². The summed E-state index contributed by atoms with van der Waals surface area (Å²) in [6.07, 6.45) is 3.74. The quantitative estimate of drug-likeness (QED) is 0.621. The normalized spacial score (nSPS) is 16.8. The molecule has 0 spiro atoms. The highest BCUT2D eigenvalue weighted by molar-refractivity contribution is 6.30. The molecule has 18 heavy (non-hydrogen) atoms. The molecular formula is C13H13ClFNO2. The zero-order valence-electron chi connectivity index (χ0n) is 10.0. The van der Waals surface area contributed by atoms with Gasteiger partial charge in [0.1, 0.15) is 11.4 Å². The number of aliphatic imine (C=N–C) groups is 1. The van der Waals surface area contributed by atoms with Crippen molar-refractivity contribution >= 4 is 17.7 Å². The first kappa shape index (κ1) is 13.2. The zero-order valence-corrected chi connectivity index (χ0v) is 10.8. The number of benzene rings is 1. The van der Waals surface area contributed by atoms with Gasteiger partial charge < -0.3 is 4.74 Å². The van der Waals surface area contributed by atoms with Gasteiger partial charge in [-0.15, -0.1) is 0 Å². The monoisotopic (exact) mass is 269 g/mol. The predicted molar refractivity (Wildman–Crippen MR) is 65.8 cm³/mol. The van der Waals surface area contributed by atoms with Crippen LogP contribution in [0.15, 0.2) is 17.1 Å². The van der Waals surface area contributed by atoms with Gasteiger partial charge in [0.2, 0.25) is 6.08 Å². The molecular weight excluding hydrogens is 257 g/mol. The molecule has 0 unspecified atom stereocenters. The lowest BCUT2D eigenvalue weighted by atomic mass is 9.72. The van der Waals surface area contributed by atoms with Crippen LogP contribution in [0.1, 0.15) is 30.4 Å². The minimum Gasteiger partial charge on any atom is -0.380 e. The molecule has 0 atom stereocenters. The molecule has 1 aliphatic carbocycles. The molecule has 1 saturated carbocycles. The Kier molecular flexibility index (Phi) is 3.81. The topological polar surface area (TPSA) is 38.7 Å². The molecule has 0 radical (unpaired) electrons. The number of carbonyl (C=O) groups excluding carboxylic acids is 1. The van der Waals surface area contributed by atoms with Gasteiger partial charge >= 0.3 is 0 Å². The van der Waals surface area contributed by atoms with Crippen LogP contribution in [-0.2, 0) is 21.7 Å².